The van der Waals surface area contributed by atoms with E-state index in [1.165, 1.54) is 30.5 Å². The number of aromatic nitrogens is 8. The highest BCUT2D eigenvalue weighted by Crippen LogP contribution is 2.33. The molecule has 0 unspecified atom stereocenters. The number of H-pyrrole nitrogens is 4. The summed E-state index contributed by atoms with van der Waals surface area (Å²) < 4.78 is 33.5. The number of hydrogen-bond acceptors (Lipinski definition) is 17. The Kier molecular flexibility index (Phi) is 33.6. The molecule has 133 heavy (non-hydrogen) atoms. The lowest BCUT2D eigenvalue weighted by Gasteiger charge is -2.29. The lowest BCUT2D eigenvalue weighted by Crippen LogP contribution is -2.43. The Morgan fingerprint density at radius 1 is 0.429 bits per heavy atom. The maximum Gasteiger partial charge on any atom is 0.252 e. The normalized spacial score (nSPS) is 14.4. The molecule has 0 bridgehead atoms. The number of aliphatic hydroxyl groups excluding tert-OH is 3. The number of piperidine rings is 1. The van der Waals surface area contributed by atoms with Crippen LogP contribution < -0.4 is 42.5 Å². The quantitative estimate of drug-likeness (QED) is 0.0199. The van der Waals surface area contributed by atoms with Crippen LogP contribution in [0.1, 0.15) is 212 Å². The first kappa shape index (κ1) is 95.8. The van der Waals surface area contributed by atoms with Crippen molar-refractivity contribution in [2.24, 2.45) is 0 Å². The highest BCUT2D eigenvalue weighted by Gasteiger charge is 2.35. The second kappa shape index (κ2) is 46.7. The molecule has 2 aliphatic carbocycles. The van der Waals surface area contributed by atoms with Gasteiger partial charge in [-0.2, -0.15) is 20.4 Å². The van der Waals surface area contributed by atoms with Gasteiger partial charge >= 0.3 is 0 Å². The van der Waals surface area contributed by atoms with E-state index in [9.17, 15) is 62.5 Å². The lowest BCUT2D eigenvalue weighted by atomic mass is 10.00. The van der Waals surface area contributed by atoms with E-state index in [0.717, 1.165) is 128 Å². The third kappa shape index (κ3) is 26.3. The minimum Gasteiger partial charge on any atom is -0.394 e. The van der Waals surface area contributed by atoms with Gasteiger partial charge in [-0.3, -0.25) is 58.8 Å². The number of carbonyl (C=O) groups excluding carboxylic acids is 8. The number of halogens is 2. The number of nitrogens with zero attached hydrogens (tertiary/aromatic N) is 5. The molecule has 15 N–H and O–H groups in total. The Labute approximate surface area is 768 Å². The number of aromatic amines is 4. The molecule has 5 heterocycles. The topological polar surface area (TPSA) is 421 Å². The monoisotopic (exact) mass is 1800 g/mol. The van der Waals surface area contributed by atoms with Crippen molar-refractivity contribution in [1.82, 2.24) is 88.2 Å². The van der Waals surface area contributed by atoms with Crippen LogP contribution >= 0.6 is 0 Å². The molecule has 3 aliphatic rings. The van der Waals surface area contributed by atoms with Crippen molar-refractivity contribution in [3.05, 3.63) is 345 Å². The maximum absolute atomic E-state index is 14.5. The molecule has 0 spiro atoms. The molecule has 9 aromatic carbocycles. The zero-order valence-electron chi connectivity index (χ0n) is 74.2. The fourth-order valence-electron chi connectivity index (χ4n) is 16.2. The van der Waals surface area contributed by atoms with Crippen LogP contribution in [0.5, 0.6) is 0 Å². The van der Waals surface area contributed by atoms with Gasteiger partial charge in [-0.05, 0) is 226 Å². The largest absolute Gasteiger partial charge is 0.394 e. The lowest BCUT2D eigenvalue weighted by molar-refractivity contribution is -0.00261. The van der Waals surface area contributed by atoms with Crippen LogP contribution in [0.3, 0.4) is 0 Å². The van der Waals surface area contributed by atoms with Gasteiger partial charge in [-0.1, -0.05) is 129 Å². The molecule has 16 rings (SSSR count). The Bertz CT molecular complexity index is 6060. The standard InChI is InChI=1S/C26H23FN4O3.C26H31N5O2.C26H30N4O4.C24H25FN4O3/c27-23-6-1-3-17(11-23)13-28-25(33)21-5-2-4-20(12-21)24(16-32)31-26(34)19-9-7-18(8-10-19)22-14-29-30-15-22;1-17-13-20(22-15-27-28-16-22)7-8-24(17)26(33)29-18(2)19-5-4-6-21(14-19)25(32)30-23-9-11-31(3)12-10-23;1-34-26(11-2-3-12-26)17-27-24(32)21-6-4-5-20(13-21)23(16-31)30-25(33)19-9-7-18(8-10-19)22-14-28-29-15-22;25-21-11-17(8-9-20(21)18-12-26-27-13-18)24(32)29-22(14-30)15-4-3-5-16(10-15)23(31)28-19-6-1-2-7-19/h1-12,14-15,24,32H,13,16H2,(H,28,33)(H,29,30)(H,31,34);4-8,13-16,18,23H,9-12H2,1-3H3,(H,27,28)(H,29,33)(H,30,32);4-10,13-15,23,31H,2-3,11-12,16-17H2,1H3,(H,27,32)(H,28,29)(H,30,33);3-5,8-13,19,22,30H,1-2,6-7,14H2,(H,26,27)(H,28,31)(H,29,32)/t24-;18-;23-;22-/m1111/s1. The van der Waals surface area contributed by atoms with Gasteiger partial charge in [-0.25, -0.2) is 8.78 Å². The predicted molar refractivity (Wildman–Crippen MR) is 500 cm³/mol. The SMILES string of the molecule is COC1(CNC(=O)c2cccc([C@@H](CO)NC(=O)c3ccc(-c4cn[nH]c4)cc3)c2)CCCC1.Cc1cc(-c2cn[nH]c2)ccc1C(=O)N[C@H](C)c1cccc(C(=O)NC2CCN(C)CC2)c1.O=C(NC1CCCC1)c1cccc([C@@H](CO)NC(=O)c2ccc(-c3cn[nH]c3)c(F)c2)c1.O=C(NCc1cccc(F)c1)c1cccc([C@@H](CO)NC(=O)c2ccc(-c3cn[nH]c3)cc2)c1. The third-order valence-corrected chi connectivity index (χ3v) is 24.0. The number of ether oxygens (including phenoxy) is 1. The van der Waals surface area contributed by atoms with Crippen LogP contribution in [0.15, 0.2) is 256 Å². The van der Waals surface area contributed by atoms with Gasteiger partial charge in [0.25, 0.3) is 47.3 Å². The van der Waals surface area contributed by atoms with Crippen LogP contribution in [0.4, 0.5) is 8.78 Å². The van der Waals surface area contributed by atoms with Gasteiger partial charge in [0.15, 0.2) is 0 Å². The van der Waals surface area contributed by atoms with Gasteiger partial charge < -0.3 is 67.5 Å². The molecule has 0 radical (unpaired) electrons. The van der Waals surface area contributed by atoms with E-state index in [1.54, 1.807) is 153 Å². The Morgan fingerprint density at radius 3 is 1.29 bits per heavy atom. The summed E-state index contributed by atoms with van der Waals surface area (Å²) in [6.07, 6.45) is 23.8. The van der Waals surface area contributed by atoms with Crippen LogP contribution in [0.2, 0.25) is 0 Å². The molecule has 3 fully saturated rings. The number of rotatable bonds is 30. The molecule has 2 saturated carbocycles. The van der Waals surface area contributed by atoms with Crippen LogP contribution in [-0.2, 0) is 11.3 Å². The van der Waals surface area contributed by atoms with Gasteiger partial charge in [0.1, 0.15) is 11.6 Å². The zero-order chi connectivity index (χ0) is 93.8. The molecule has 29 nitrogen and oxygen atoms in total. The van der Waals surface area contributed by atoms with Crippen LogP contribution in [-0.4, -0.2) is 180 Å². The second-order valence-corrected chi connectivity index (χ2v) is 33.2. The molecule has 1 saturated heterocycles. The predicted octanol–water partition coefficient (Wildman–Crippen LogP) is 13.9. The first-order valence-corrected chi connectivity index (χ1v) is 44.2. The molecular weight excluding hydrogens is 1690 g/mol. The Morgan fingerprint density at radius 2 is 0.842 bits per heavy atom. The molecule has 4 atom stereocenters. The second-order valence-electron chi connectivity index (χ2n) is 33.2. The number of methoxy groups -OCH3 is 1. The number of carbonyl (C=O) groups is 8. The van der Waals surface area contributed by atoms with E-state index in [-0.39, 0.29) is 103 Å². The number of aliphatic hydroxyl groups is 3. The molecule has 13 aromatic rings. The molecule has 8 amide bonds. The summed E-state index contributed by atoms with van der Waals surface area (Å²) in [6.45, 7) is 5.49. The minimum atomic E-state index is -0.738. The van der Waals surface area contributed by atoms with Crippen LogP contribution in [0, 0.1) is 18.6 Å². The van der Waals surface area contributed by atoms with E-state index in [2.05, 4.69) is 95.3 Å². The van der Waals surface area contributed by atoms with Crippen molar-refractivity contribution < 1.29 is 67.2 Å². The fourth-order valence-corrected chi connectivity index (χ4v) is 16.2. The van der Waals surface area contributed by atoms with Crippen molar-refractivity contribution in [3.8, 4) is 44.5 Å². The van der Waals surface area contributed by atoms with Gasteiger partial charge in [0.2, 0.25) is 0 Å². The molecule has 4 aromatic heterocycles. The maximum atomic E-state index is 14.5. The van der Waals surface area contributed by atoms with Crippen molar-refractivity contribution in [3.63, 3.8) is 0 Å². The highest BCUT2D eigenvalue weighted by atomic mass is 19.1. The van der Waals surface area contributed by atoms with Gasteiger partial charge in [-0.15, -0.1) is 0 Å². The minimum absolute atomic E-state index is 0.0596. The first-order chi connectivity index (χ1) is 64.5. The number of likely N-dealkylation sites (tertiary alicyclic amines) is 1. The zero-order valence-corrected chi connectivity index (χ0v) is 74.2. The Balaban J connectivity index is 0.000000151. The van der Waals surface area contributed by atoms with E-state index in [0.29, 0.717) is 78.9 Å². The molecule has 688 valence electrons. The molecular formula is C102H109F2N17O12. The first-order valence-electron chi connectivity index (χ1n) is 44.2. The van der Waals surface area contributed by atoms with Gasteiger partial charge in [0, 0.05) is 129 Å². The smallest absolute Gasteiger partial charge is 0.252 e. The summed E-state index contributed by atoms with van der Waals surface area (Å²) in [6, 6.07) is 56.1. The average molecular weight is 1800 g/mol. The van der Waals surface area contributed by atoms with Gasteiger partial charge in [0.05, 0.1) is 74.4 Å². The van der Waals surface area contributed by atoms with E-state index >= 15 is 0 Å². The molecule has 1 aliphatic heterocycles. The highest BCUT2D eigenvalue weighted by molar-refractivity contribution is 6.00. The summed E-state index contributed by atoms with van der Waals surface area (Å²) in [5, 5.41) is 79.6. The number of amides is 8. The summed E-state index contributed by atoms with van der Waals surface area (Å²) in [5.74, 6) is -3.02. The number of hydrogen-bond donors (Lipinski definition) is 15. The third-order valence-electron chi connectivity index (χ3n) is 24.0. The van der Waals surface area contributed by atoms with E-state index in [1.807, 2.05) is 86.8 Å². The molecule has 31 heteroatoms. The summed E-state index contributed by atoms with van der Waals surface area (Å²) >= 11 is 0. The summed E-state index contributed by atoms with van der Waals surface area (Å²) in [4.78, 5) is 104. The average Bonchev–Trinajstić information content (AvgIpc) is 1.81. The van der Waals surface area contributed by atoms with Crippen molar-refractivity contribution in [2.45, 2.75) is 126 Å². The number of nitrogens with one attached hydrogen (secondary N) is 12. The van der Waals surface area contributed by atoms with Crippen molar-refractivity contribution in [1.29, 1.82) is 0 Å². The van der Waals surface area contributed by atoms with Crippen molar-refractivity contribution in [2.75, 3.05) is 53.6 Å². The van der Waals surface area contributed by atoms with Crippen LogP contribution in [0.25, 0.3) is 44.5 Å². The van der Waals surface area contributed by atoms with E-state index < -0.39 is 29.8 Å². The number of aryl methyl sites for hydroxylation is 1. The van der Waals surface area contributed by atoms with E-state index in [4.69, 9.17) is 4.74 Å². The summed E-state index contributed by atoms with van der Waals surface area (Å²) in [7, 11) is 3.80. The number of benzene rings is 9. The fraction of sp³-hybridized carbons (Fsp3) is 0.275. The Hall–Kier alpha value is -14.8. The summed E-state index contributed by atoms with van der Waals surface area (Å²) in [5.41, 5.74) is 14.2. The van der Waals surface area contributed by atoms with Crippen molar-refractivity contribution >= 4 is 47.3 Å².